The molecule has 0 aromatic heterocycles. The van der Waals surface area contributed by atoms with Crippen LogP contribution in [0.15, 0.2) is 101 Å². The van der Waals surface area contributed by atoms with Crippen LogP contribution >= 0.6 is 0 Å². The Morgan fingerprint density at radius 2 is 1.64 bits per heavy atom. The summed E-state index contributed by atoms with van der Waals surface area (Å²) in [7, 11) is 0. The summed E-state index contributed by atoms with van der Waals surface area (Å²) in [6, 6.07) is 9.86. The monoisotopic (exact) mass is 365 g/mol. The molecule has 0 saturated carbocycles. The molecule has 0 N–H and O–H groups in total. The second-order valence-corrected chi connectivity index (χ2v) is 6.97. The van der Waals surface area contributed by atoms with Gasteiger partial charge in [0.1, 0.15) is 0 Å². The van der Waals surface area contributed by atoms with Gasteiger partial charge in [0.25, 0.3) is 0 Å². The second-order valence-electron chi connectivity index (χ2n) is 6.97. The number of benzene rings is 1. The summed E-state index contributed by atoms with van der Waals surface area (Å²) < 4.78 is 0. The van der Waals surface area contributed by atoms with Crippen LogP contribution in [0.5, 0.6) is 0 Å². The van der Waals surface area contributed by atoms with E-state index < -0.39 is 0 Å². The Morgan fingerprint density at radius 3 is 2.32 bits per heavy atom. The fourth-order valence-electron chi connectivity index (χ4n) is 4.10. The molecule has 1 heteroatoms. The SMILES string of the molecule is C/C=C1/C=CC2=CC=C(/C=C/c3ccc(C#N)cc3)C3=CC=C(C)C1C23.CC. The van der Waals surface area contributed by atoms with E-state index in [2.05, 4.69) is 74.6 Å². The zero-order chi connectivity index (χ0) is 20.1. The minimum Gasteiger partial charge on any atom is -0.192 e. The van der Waals surface area contributed by atoms with Crippen LogP contribution in [0.4, 0.5) is 0 Å². The van der Waals surface area contributed by atoms with Gasteiger partial charge in [-0.2, -0.15) is 5.26 Å². The molecule has 0 heterocycles. The van der Waals surface area contributed by atoms with Crippen LogP contribution in [-0.4, -0.2) is 0 Å². The lowest BCUT2D eigenvalue weighted by molar-refractivity contribution is 0.552. The van der Waals surface area contributed by atoms with E-state index in [1.807, 2.05) is 38.1 Å². The number of hydrogen-bond acceptors (Lipinski definition) is 1. The third-order valence-corrected chi connectivity index (χ3v) is 5.49. The summed E-state index contributed by atoms with van der Waals surface area (Å²) >= 11 is 0. The lowest BCUT2D eigenvalue weighted by Crippen LogP contribution is -2.28. The molecule has 2 unspecified atom stereocenters. The second kappa shape index (κ2) is 8.72. The highest BCUT2D eigenvalue weighted by atomic mass is 14.4. The zero-order valence-corrected chi connectivity index (χ0v) is 17.1. The number of nitrogens with zero attached hydrogens (tertiary/aromatic N) is 1. The van der Waals surface area contributed by atoms with E-state index in [0.717, 1.165) is 5.56 Å². The molecule has 0 saturated heterocycles. The van der Waals surface area contributed by atoms with Crippen LogP contribution in [-0.2, 0) is 0 Å². The highest BCUT2D eigenvalue weighted by Crippen LogP contribution is 2.48. The van der Waals surface area contributed by atoms with Crippen LogP contribution < -0.4 is 0 Å². The minimum absolute atomic E-state index is 0.418. The maximum absolute atomic E-state index is 8.93. The Kier molecular flexibility index (Phi) is 6.12. The Bertz CT molecular complexity index is 995. The predicted octanol–water partition coefficient (Wildman–Crippen LogP) is 7.10. The minimum atomic E-state index is 0.418. The van der Waals surface area contributed by atoms with Crippen molar-refractivity contribution in [2.24, 2.45) is 11.8 Å². The van der Waals surface area contributed by atoms with Crippen LogP contribution in [0.2, 0.25) is 0 Å². The summed E-state index contributed by atoms with van der Waals surface area (Å²) in [5.74, 6) is 0.866. The summed E-state index contributed by atoms with van der Waals surface area (Å²) in [5, 5.41) is 8.93. The van der Waals surface area contributed by atoms with E-state index in [1.54, 1.807) is 0 Å². The smallest absolute Gasteiger partial charge is 0.0991 e. The van der Waals surface area contributed by atoms with Gasteiger partial charge in [0.05, 0.1) is 11.6 Å². The van der Waals surface area contributed by atoms with Crippen molar-refractivity contribution >= 4 is 6.08 Å². The lowest BCUT2D eigenvalue weighted by atomic mass is 9.64. The van der Waals surface area contributed by atoms with E-state index in [-0.39, 0.29) is 0 Å². The Morgan fingerprint density at radius 1 is 0.893 bits per heavy atom. The number of nitriles is 1. The standard InChI is InChI=1S/C25H21N.C2H6/c1-3-20-11-13-22-14-12-21(23-15-4-17(2)24(20)25(22)23)10-9-18-5-7-19(16-26)8-6-18;1-2/h3-15,24-25H,1-2H3;1-2H3/b10-9+,20-3-;. The van der Waals surface area contributed by atoms with E-state index in [0.29, 0.717) is 17.4 Å². The molecule has 140 valence electrons. The van der Waals surface area contributed by atoms with Gasteiger partial charge in [0, 0.05) is 11.8 Å². The van der Waals surface area contributed by atoms with E-state index in [1.165, 1.54) is 27.9 Å². The van der Waals surface area contributed by atoms with Gasteiger partial charge >= 0.3 is 0 Å². The van der Waals surface area contributed by atoms with Crippen LogP contribution in [0.3, 0.4) is 0 Å². The van der Waals surface area contributed by atoms with Gasteiger partial charge in [0.2, 0.25) is 0 Å². The van der Waals surface area contributed by atoms with Crippen molar-refractivity contribution in [2.45, 2.75) is 27.7 Å². The van der Waals surface area contributed by atoms with Crippen molar-refractivity contribution in [3.63, 3.8) is 0 Å². The average molecular weight is 366 g/mol. The van der Waals surface area contributed by atoms with Crippen molar-refractivity contribution in [3.8, 4) is 6.07 Å². The van der Waals surface area contributed by atoms with Crippen LogP contribution in [0, 0.1) is 23.2 Å². The molecule has 0 amide bonds. The third kappa shape index (κ3) is 3.64. The molecule has 3 aliphatic carbocycles. The first-order chi connectivity index (χ1) is 13.7. The summed E-state index contributed by atoms with van der Waals surface area (Å²) in [4.78, 5) is 0. The van der Waals surface area contributed by atoms with E-state index >= 15 is 0 Å². The van der Waals surface area contributed by atoms with E-state index in [4.69, 9.17) is 5.26 Å². The summed E-state index contributed by atoms with van der Waals surface area (Å²) in [6.45, 7) is 8.37. The largest absolute Gasteiger partial charge is 0.192 e. The van der Waals surface area contributed by atoms with Gasteiger partial charge in [-0.1, -0.05) is 86.2 Å². The molecule has 28 heavy (non-hydrogen) atoms. The van der Waals surface area contributed by atoms with Crippen molar-refractivity contribution in [1.82, 2.24) is 0 Å². The van der Waals surface area contributed by atoms with Crippen molar-refractivity contribution in [2.75, 3.05) is 0 Å². The molecule has 1 aromatic rings. The molecule has 0 spiro atoms. The first-order valence-electron chi connectivity index (χ1n) is 10.0. The summed E-state index contributed by atoms with van der Waals surface area (Å²) in [6.07, 6.45) is 20.1. The molecule has 2 atom stereocenters. The topological polar surface area (TPSA) is 23.8 Å². The maximum Gasteiger partial charge on any atom is 0.0991 e. The number of hydrogen-bond donors (Lipinski definition) is 0. The van der Waals surface area contributed by atoms with Crippen molar-refractivity contribution in [3.05, 3.63) is 112 Å². The molecule has 0 bridgehead atoms. The molecular formula is C27H27N. The molecule has 0 radical (unpaired) electrons. The Balaban J connectivity index is 0.00000109. The van der Waals surface area contributed by atoms with Gasteiger partial charge in [0.15, 0.2) is 0 Å². The molecule has 1 nitrogen and oxygen atoms in total. The average Bonchev–Trinajstić information content (AvgIpc) is 2.76. The fraction of sp³-hybridized carbons (Fsp3) is 0.222. The Labute approximate surface area is 169 Å². The third-order valence-electron chi connectivity index (χ3n) is 5.49. The van der Waals surface area contributed by atoms with Gasteiger partial charge < -0.3 is 0 Å². The normalized spacial score (nSPS) is 23.6. The lowest BCUT2D eigenvalue weighted by Gasteiger charge is -2.39. The number of rotatable bonds is 2. The molecule has 0 fully saturated rings. The quantitative estimate of drug-likeness (QED) is 0.548. The Hall–Kier alpha value is -3.11. The molecule has 0 aliphatic heterocycles. The molecular weight excluding hydrogens is 338 g/mol. The van der Waals surface area contributed by atoms with E-state index in [9.17, 15) is 0 Å². The molecule has 3 aliphatic rings. The maximum atomic E-state index is 8.93. The highest BCUT2D eigenvalue weighted by molar-refractivity contribution is 5.65. The van der Waals surface area contributed by atoms with Gasteiger partial charge in [-0.25, -0.2) is 0 Å². The van der Waals surface area contributed by atoms with Crippen LogP contribution in [0.1, 0.15) is 38.8 Å². The predicted molar refractivity (Wildman–Crippen MR) is 119 cm³/mol. The van der Waals surface area contributed by atoms with Gasteiger partial charge in [-0.15, -0.1) is 0 Å². The van der Waals surface area contributed by atoms with Gasteiger partial charge in [-0.3, -0.25) is 0 Å². The fourth-order valence-corrected chi connectivity index (χ4v) is 4.10. The first kappa shape index (κ1) is 19.6. The van der Waals surface area contributed by atoms with Crippen molar-refractivity contribution < 1.29 is 0 Å². The highest BCUT2D eigenvalue weighted by Gasteiger charge is 2.36. The molecule has 4 rings (SSSR count). The zero-order valence-electron chi connectivity index (χ0n) is 17.1. The number of allylic oxidation sites excluding steroid dienone is 13. The van der Waals surface area contributed by atoms with Crippen molar-refractivity contribution in [1.29, 1.82) is 5.26 Å². The summed E-state index contributed by atoms with van der Waals surface area (Å²) in [5.41, 5.74) is 8.70. The van der Waals surface area contributed by atoms with Crippen LogP contribution in [0.25, 0.3) is 6.08 Å². The first-order valence-corrected chi connectivity index (χ1v) is 10.0. The molecule has 1 aromatic carbocycles. The van der Waals surface area contributed by atoms with Gasteiger partial charge in [-0.05, 0) is 53.8 Å².